The van der Waals surface area contributed by atoms with Gasteiger partial charge in [0.2, 0.25) is 0 Å². The van der Waals surface area contributed by atoms with E-state index in [1.54, 1.807) is 30.9 Å². The summed E-state index contributed by atoms with van der Waals surface area (Å²) in [5.74, 6) is 0.364. The minimum absolute atomic E-state index is 0.178. The van der Waals surface area contributed by atoms with Gasteiger partial charge in [0, 0.05) is 29.8 Å². The fraction of sp³-hybridized carbons (Fsp3) is 0. The van der Waals surface area contributed by atoms with Gasteiger partial charge in [-0.15, -0.1) is 0 Å². The van der Waals surface area contributed by atoms with Crippen LogP contribution in [-0.2, 0) is 4.79 Å². The number of nitrogens with zero attached hydrogens (tertiary/aromatic N) is 3. The van der Waals surface area contributed by atoms with Crippen LogP contribution in [0.4, 0.5) is 5.69 Å². The Hall–Kier alpha value is -3.28. The summed E-state index contributed by atoms with van der Waals surface area (Å²) >= 11 is 0. The first-order valence-electron chi connectivity index (χ1n) is 6.75. The van der Waals surface area contributed by atoms with E-state index in [1.807, 2.05) is 24.3 Å². The lowest BCUT2D eigenvalue weighted by Crippen LogP contribution is -2.03. The average Bonchev–Trinajstić information content (AvgIpc) is 3.17. The third-order valence-electron chi connectivity index (χ3n) is 3.38. The number of carbonyl (C=O) groups excluding carboxylic acids is 1. The maximum absolute atomic E-state index is 12.1. The molecule has 0 aliphatic carbocycles. The Morgan fingerprint density at radius 1 is 1.14 bits per heavy atom. The highest BCUT2D eigenvalue weighted by molar-refractivity contribution is 6.34. The smallest absolute Gasteiger partial charge is 0.258 e. The molecule has 4 rings (SSSR count). The molecule has 0 unspecified atom stereocenters. The molecule has 3 aromatic rings. The van der Waals surface area contributed by atoms with Crippen LogP contribution in [-0.4, -0.2) is 25.8 Å². The van der Waals surface area contributed by atoms with Gasteiger partial charge in [-0.2, -0.15) is 0 Å². The van der Waals surface area contributed by atoms with Crippen LogP contribution in [0.5, 0.6) is 0 Å². The first kappa shape index (κ1) is 12.5. The lowest BCUT2D eigenvalue weighted by molar-refractivity contribution is -0.110. The third-order valence-corrected chi connectivity index (χ3v) is 3.38. The minimum atomic E-state index is -0.178. The van der Waals surface area contributed by atoms with E-state index < -0.39 is 0 Å². The molecule has 2 N–H and O–H groups in total. The molecule has 0 aromatic carbocycles. The number of fused-ring (bicyclic) bond motifs is 1. The first-order chi connectivity index (χ1) is 10.8. The number of aromatic nitrogens is 4. The fourth-order valence-electron chi connectivity index (χ4n) is 2.33. The van der Waals surface area contributed by atoms with E-state index in [9.17, 15) is 4.79 Å². The van der Waals surface area contributed by atoms with Gasteiger partial charge < -0.3 is 10.3 Å². The highest BCUT2D eigenvalue weighted by Crippen LogP contribution is 2.32. The number of pyridine rings is 1. The van der Waals surface area contributed by atoms with Crippen molar-refractivity contribution >= 4 is 23.2 Å². The Bertz CT molecular complexity index is 869. The van der Waals surface area contributed by atoms with Gasteiger partial charge in [0.05, 0.1) is 17.5 Å². The fourth-order valence-corrected chi connectivity index (χ4v) is 2.33. The van der Waals surface area contributed by atoms with Crippen molar-refractivity contribution in [3.8, 4) is 11.4 Å². The molecule has 106 valence electrons. The van der Waals surface area contributed by atoms with Crippen molar-refractivity contribution in [2.24, 2.45) is 0 Å². The molecule has 22 heavy (non-hydrogen) atoms. The van der Waals surface area contributed by atoms with Crippen LogP contribution >= 0.6 is 0 Å². The Morgan fingerprint density at radius 2 is 2.09 bits per heavy atom. The van der Waals surface area contributed by atoms with Crippen molar-refractivity contribution < 1.29 is 4.79 Å². The number of aromatic amines is 1. The normalized spacial score (nSPS) is 14.9. The lowest BCUT2D eigenvalue weighted by Gasteiger charge is -2.02. The zero-order valence-corrected chi connectivity index (χ0v) is 11.4. The highest BCUT2D eigenvalue weighted by atomic mass is 16.2. The molecule has 0 fully saturated rings. The van der Waals surface area contributed by atoms with Crippen LogP contribution in [0, 0.1) is 0 Å². The molecule has 0 radical (unpaired) electrons. The molecule has 1 aliphatic heterocycles. The van der Waals surface area contributed by atoms with E-state index >= 15 is 0 Å². The summed E-state index contributed by atoms with van der Waals surface area (Å²) < 4.78 is 0. The number of carbonyl (C=O) groups is 1. The zero-order chi connectivity index (χ0) is 14.9. The van der Waals surface area contributed by atoms with E-state index in [0.717, 1.165) is 11.3 Å². The van der Waals surface area contributed by atoms with Crippen LogP contribution in [0.25, 0.3) is 23.0 Å². The summed E-state index contributed by atoms with van der Waals surface area (Å²) in [6.45, 7) is 0. The van der Waals surface area contributed by atoms with Crippen LogP contribution in [0.15, 0.2) is 49.1 Å². The molecule has 0 saturated heterocycles. The molecule has 0 spiro atoms. The Balaban J connectivity index is 1.83. The van der Waals surface area contributed by atoms with Crippen LogP contribution < -0.4 is 5.32 Å². The van der Waals surface area contributed by atoms with Gasteiger partial charge in [-0.05, 0) is 30.3 Å². The van der Waals surface area contributed by atoms with Crippen molar-refractivity contribution in [3.63, 3.8) is 0 Å². The summed E-state index contributed by atoms with van der Waals surface area (Å²) in [5, 5.41) is 2.78. The maximum atomic E-state index is 12.1. The Kier molecular flexibility index (Phi) is 2.79. The second kappa shape index (κ2) is 4.92. The number of rotatable bonds is 2. The number of anilines is 1. The topological polar surface area (TPSA) is 83.6 Å². The van der Waals surface area contributed by atoms with E-state index in [1.165, 1.54) is 0 Å². The monoisotopic (exact) mass is 289 g/mol. The molecule has 3 aromatic heterocycles. The number of H-pyrrole nitrogens is 1. The van der Waals surface area contributed by atoms with Crippen LogP contribution in [0.1, 0.15) is 11.4 Å². The largest absolute Gasteiger partial charge is 0.362 e. The summed E-state index contributed by atoms with van der Waals surface area (Å²) in [6, 6.07) is 7.47. The van der Waals surface area contributed by atoms with Crippen LogP contribution in [0.2, 0.25) is 0 Å². The van der Waals surface area contributed by atoms with Gasteiger partial charge in [-0.1, -0.05) is 0 Å². The molecule has 0 atom stereocenters. The molecular formula is C16H11N5O. The summed E-state index contributed by atoms with van der Waals surface area (Å²) in [4.78, 5) is 28.1. The van der Waals surface area contributed by atoms with Crippen molar-refractivity contribution in [1.29, 1.82) is 0 Å². The number of amides is 1. The molecule has 6 heteroatoms. The van der Waals surface area contributed by atoms with Gasteiger partial charge in [0.25, 0.3) is 5.91 Å². The second-order valence-corrected chi connectivity index (χ2v) is 4.84. The summed E-state index contributed by atoms with van der Waals surface area (Å²) in [6.07, 6.45) is 8.60. The highest BCUT2D eigenvalue weighted by Gasteiger charge is 2.26. The predicted molar refractivity (Wildman–Crippen MR) is 82.6 cm³/mol. The average molecular weight is 289 g/mol. The minimum Gasteiger partial charge on any atom is -0.362 e. The quantitative estimate of drug-likeness (QED) is 0.709. The van der Waals surface area contributed by atoms with E-state index in [4.69, 9.17) is 0 Å². The van der Waals surface area contributed by atoms with E-state index in [0.29, 0.717) is 22.8 Å². The molecule has 4 heterocycles. The zero-order valence-electron chi connectivity index (χ0n) is 11.4. The summed E-state index contributed by atoms with van der Waals surface area (Å²) in [7, 11) is 0. The van der Waals surface area contributed by atoms with E-state index in [-0.39, 0.29) is 5.91 Å². The van der Waals surface area contributed by atoms with Crippen molar-refractivity contribution in [2.45, 2.75) is 0 Å². The Labute approximate surface area is 126 Å². The van der Waals surface area contributed by atoms with E-state index in [2.05, 4.69) is 25.3 Å². The standard InChI is InChI=1S/C16H11N5O/c22-16-12(7-11-4-2-6-18-11)14-13(20-16)9-19-15(21-14)10-3-1-5-17-8-10/h1-9,18H,(H,20,22)/b12-7-. The van der Waals surface area contributed by atoms with Crippen molar-refractivity contribution in [3.05, 3.63) is 60.4 Å². The van der Waals surface area contributed by atoms with Crippen molar-refractivity contribution in [2.75, 3.05) is 5.32 Å². The number of nitrogens with one attached hydrogen (secondary N) is 2. The number of hydrogen-bond acceptors (Lipinski definition) is 4. The lowest BCUT2D eigenvalue weighted by atomic mass is 10.1. The van der Waals surface area contributed by atoms with Crippen LogP contribution in [0.3, 0.4) is 0 Å². The molecule has 1 amide bonds. The molecular weight excluding hydrogens is 278 g/mol. The van der Waals surface area contributed by atoms with Gasteiger partial charge in [-0.3, -0.25) is 9.78 Å². The number of hydrogen-bond donors (Lipinski definition) is 2. The Morgan fingerprint density at radius 3 is 2.86 bits per heavy atom. The van der Waals surface area contributed by atoms with Gasteiger partial charge in [0.15, 0.2) is 5.82 Å². The molecule has 1 aliphatic rings. The molecule has 0 saturated carbocycles. The van der Waals surface area contributed by atoms with Gasteiger partial charge in [0.1, 0.15) is 5.69 Å². The summed E-state index contributed by atoms with van der Waals surface area (Å²) in [5.41, 5.74) is 3.40. The SMILES string of the molecule is O=C1Nc2cnc(-c3cccnc3)nc2/C1=C/c1ccc[nH]1. The predicted octanol–water partition coefficient (Wildman–Crippen LogP) is 2.36. The third kappa shape index (κ3) is 2.07. The van der Waals surface area contributed by atoms with Gasteiger partial charge in [-0.25, -0.2) is 9.97 Å². The first-order valence-corrected chi connectivity index (χ1v) is 6.75. The van der Waals surface area contributed by atoms with Crippen molar-refractivity contribution in [1.82, 2.24) is 19.9 Å². The second-order valence-electron chi connectivity index (χ2n) is 4.84. The molecule has 6 nitrogen and oxygen atoms in total. The maximum Gasteiger partial charge on any atom is 0.258 e. The van der Waals surface area contributed by atoms with Gasteiger partial charge >= 0.3 is 0 Å². The molecule has 0 bridgehead atoms.